The Morgan fingerprint density at radius 2 is 2.13 bits per heavy atom. The molecule has 1 aromatic heterocycles. The molecular formula is C10H15Cl2NOS. The Labute approximate surface area is 104 Å². The minimum Gasteiger partial charge on any atom is -0.394 e. The molecule has 0 radical (unpaired) electrons. The minimum absolute atomic E-state index is 0.0726. The highest BCUT2D eigenvalue weighted by atomic mass is 35.5. The van der Waals surface area contributed by atoms with Crippen molar-refractivity contribution in [3.05, 3.63) is 20.3 Å². The molecule has 5 heteroatoms. The summed E-state index contributed by atoms with van der Waals surface area (Å²) in [4.78, 5) is 0. The van der Waals surface area contributed by atoms with Crippen LogP contribution >= 0.6 is 34.5 Å². The minimum atomic E-state index is -0.322. The molecule has 0 aliphatic heterocycles. The molecule has 1 aromatic rings. The lowest BCUT2D eigenvalue weighted by molar-refractivity contribution is 0.178. The number of hydrogen-bond acceptors (Lipinski definition) is 3. The van der Waals surface area contributed by atoms with E-state index in [2.05, 4.69) is 5.32 Å². The molecule has 0 aliphatic rings. The highest BCUT2D eigenvalue weighted by Crippen LogP contribution is 2.35. The average Bonchev–Trinajstić information content (AvgIpc) is 2.45. The molecule has 15 heavy (non-hydrogen) atoms. The van der Waals surface area contributed by atoms with Crippen molar-refractivity contribution in [1.82, 2.24) is 5.32 Å². The number of halogens is 2. The molecule has 1 heterocycles. The molecule has 1 rings (SSSR count). The Bertz CT molecular complexity index is 338. The van der Waals surface area contributed by atoms with Gasteiger partial charge in [0, 0.05) is 11.6 Å². The van der Waals surface area contributed by atoms with Crippen LogP contribution in [0.5, 0.6) is 0 Å². The molecule has 1 atom stereocenters. The summed E-state index contributed by atoms with van der Waals surface area (Å²) >= 11 is 13.3. The molecule has 0 bridgehead atoms. The second kappa shape index (κ2) is 5.02. The molecule has 86 valence electrons. The molecule has 0 amide bonds. The highest BCUT2D eigenvalue weighted by Gasteiger charge is 2.21. The summed E-state index contributed by atoms with van der Waals surface area (Å²) in [7, 11) is 0. The van der Waals surface area contributed by atoms with Crippen LogP contribution in [0.25, 0.3) is 0 Å². The maximum absolute atomic E-state index is 9.15. The van der Waals surface area contributed by atoms with Gasteiger partial charge in [0.15, 0.2) is 0 Å². The number of thiophene rings is 1. The van der Waals surface area contributed by atoms with Crippen LogP contribution in [0.3, 0.4) is 0 Å². The third-order valence-electron chi connectivity index (χ3n) is 2.15. The van der Waals surface area contributed by atoms with Gasteiger partial charge in [-0.15, -0.1) is 11.3 Å². The fourth-order valence-corrected chi connectivity index (χ4v) is 3.00. The third-order valence-corrected chi connectivity index (χ3v) is 3.67. The number of hydrogen-bond donors (Lipinski definition) is 2. The first-order chi connectivity index (χ1) is 6.85. The van der Waals surface area contributed by atoms with Gasteiger partial charge in [0.2, 0.25) is 0 Å². The van der Waals surface area contributed by atoms with Crippen LogP contribution in [0.15, 0.2) is 6.07 Å². The Kier molecular flexibility index (Phi) is 4.44. The van der Waals surface area contributed by atoms with E-state index in [4.69, 9.17) is 28.3 Å². The van der Waals surface area contributed by atoms with Crippen LogP contribution in [-0.2, 0) is 0 Å². The zero-order valence-corrected chi connectivity index (χ0v) is 11.3. The van der Waals surface area contributed by atoms with E-state index in [9.17, 15) is 0 Å². The van der Waals surface area contributed by atoms with E-state index in [0.717, 1.165) is 5.56 Å². The smallest absolute Gasteiger partial charge is 0.0991 e. The van der Waals surface area contributed by atoms with Gasteiger partial charge in [0.05, 0.1) is 15.3 Å². The standard InChI is InChI=1S/C10H15Cl2NOS/c1-6(13-10(2,3)5-14)7-4-8(11)15-9(7)12/h4,6,13-14H,5H2,1-3H3. The van der Waals surface area contributed by atoms with Crippen molar-refractivity contribution in [3.63, 3.8) is 0 Å². The number of aliphatic hydroxyl groups is 1. The number of rotatable bonds is 4. The largest absolute Gasteiger partial charge is 0.394 e. The highest BCUT2D eigenvalue weighted by molar-refractivity contribution is 7.20. The summed E-state index contributed by atoms with van der Waals surface area (Å²) in [6.45, 7) is 5.95. The fourth-order valence-electron chi connectivity index (χ4n) is 1.36. The van der Waals surface area contributed by atoms with Crippen molar-refractivity contribution in [2.45, 2.75) is 32.4 Å². The maximum Gasteiger partial charge on any atom is 0.0991 e. The van der Waals surface area contributed by atoms with E-state index in [1.54, 1.807) is 0 Å². The fraction of sp³-hybridized carbons (Fsp3) is 0.600. The molecule has 1 unspecified atom stereocenters. The van der Waals surface area contributed by atoms with E-state index >= 15 is 0 Å². The number of aliphatic hydroxyl groups excluding tert-OH is 1. The molecule has 0 spiro atoms. The summed E-state index contributed by atoms with van der Waals surface area (Å²) in [5.74, 6) is 0. The van der Waals surface area contributed by atoms with E-state index < -0.39 is 0 Å². The first kappa shape index (κ1) is 13.3. The molecule has 0 aliphatic carbocycles. The monoisotopic (exact) mass is 267 g/mol. The predicted molar refractivity (Wildman–Crippen MR) is 67.1 cm³/mol. The molecular weight excluding hydrogens is 253 g/mol. The van der Waals surface area contributed by atoms with Gasteiger partial charge >= 0.3 is 0 Å². The molecule has 0 aromatic carbocycles. The van der Waals surface area contributed by atoms with Crippen LogP contribution in [0.2, 0.25) is 8.67 Å². The van der Waals surface area contributed by atoms with Crippen molar-refractivity contribution in [2.24, 2.45) is 0 Å². The van der Waals surface area contributed by atoms with Gasteiger partial charge in [-0.2, -0.15) is 0 Å². The Morgan fingerprint density at radius 3 is 2.53 bits per heavy atom. The maximum atomic E-state index is 9.15. The molecule has 0 saturated heterocycles. The molecule has 0 fully saturated rings. The Balaban J connectivity index is 2.77. The van der Waals surface area contributed by atoms with E-state index in [-0.39, 0.29) is 18.2 Å². The first-order valence-electron chi connectivity index (χ1n) is 4.69. The zero-order chi connectivity index (χ0) is 11.6. The first-order valence-corrected chi connectivity index (χ1v) is 6.26. The van der Waals surface area contributed by atoms with Crippen LogP contribution in [0.1, 0.15) is 32.4 Å². The van der Waals surface area contributed by atoms with E-state index in [0.29, 0.717) is 8.67 Å². The second-order valence-electron chi connectivity index (χ2n) is 4.19. The predicted octanol–water partition coefficient (Wildman–Crippen LogP) is 3.48. The average molecular weight is 268 g/mol. The quantitative estimate of drug-likeness (QED) is 0.876. The van der Waals surface area contributed by atoms with E-state index in [1.165, 1.54) is 11.3 Å². The van der Waals surface area contributed by atoms with Crippen molar-refractivity contribution < 1.29 is 5.11 Å². The van der Waals surface area contributed by atoms with Gasteiger partial charge < -0.3 is 10.4 Å². The van der Waals surface area contributed by atoms with E-state index in [1.807, 2.05) is 26.8 Å². The lowest BCUT2D eigenvalue weighted by Gasteiger charge is -2.28. The normalized spacial score (nSPS) is 14.3. The number of nitrogens with one attached hydrogen (secondary N) is 1. The topological polar surface area (TPSA) is 32.3 Å². The molecule has 2 nitrogen and oxygen atoms in total. The lowest BCUT2D eigenvalue weighted by Crippen LogP contribution is -2.43. The summed E-state index contributed by atoms with van der Waals surface area (Å²) in [6, 6.07) is 1.93. The Morgan fingerprint density at radius 1 is 1.53 bits per heavy atom. The molecule has 0 saturated carbocycles. The summed E-state index contributed by atoms with van der Waals surface area (Å²) < 4.78 is 1.39. The third kappa shape index (κ3) is 3.61. The second-order valence-corrected chi connectivity index (χ2v) is 6.47. The van der Waals surface area contributed by atoms with Crippen LogP contribution < -0.4 is 5.32 Å². The van der Waals surface area contributed by atoms with Gasteiger partial charge in [-0.05, 0) is 32.4 Å². The van der Waals surface area contributed by atoms with Gasteiger partial charge in [-0.25, -0.2) is 0 Å². The lowest BCUT2D eigenvalue weighted by atomic mass is 10.0. The van der Waals surface area contributed by atoms with Crippen LogP contribution in [-0.4, -0.2) is 17.3 Å². The van der Waals surface area contributed by atoms with Crippen LogP contribution in [0, 0.1) is 0 Å². The van der Waals surface area contributed by atoms with Crippen molar-refractivity contribution in [2.75, 3.05) is 6.61 Å². The van der Waals surface area contributed by atoms with Gasteiger partial charge in [0.25, 0.3) is 0 Å². The van der Waals surface area contributed by atoms with Crippen molar-refractivity contribution in [3.8, 4) is 0 Å². The van der Waals surface area contributed by atoms with Crippen molar-refractivity contribution in [1.29, 1.82) is 0 Å². The Hall–Kier alpha value is 0.200. The van der Waals surface area contributed by atoms with Crippen molar-refractivity contribution >= 4 is 34.5 Å². The van der Waals surface area contributed by atoms with Gasteiger partial charge in [-0.1, -0.05) is 23.2 Å². The summed E-state index contributed by atoms with van der Waals surface area (Å²) in [5.41, 5.74) is 0.658. The summed E-state index contributed by atoms with van der Waals surface area (Å²) in [6.07, 6.45) is 0. The summed E-state index contributed by atoms with van der Waals surface area (Å²) in [5, 5.41) is 12.4. The SMILES string of the molecule is CC(NC(C)(C)CO)c1cc(Cl)sc1Cl. The molecule has 2 N–H and O–H groups in total. The zero-order valence-electron chi connectivity index (χ0n) is 8.97. The van der Waals surface area contributed by atoms with Gasteiger partial charge in [0.1, 0.15) is 0 Å². The van der Waals surface area contributed by atoms with Gasteiger partial charge in [-0.3, -0.25) is 0 Å². The van der Waals surface area contributed by atoms with Crippen LogP contribution in [0.4, 0.5) is 0 Å².